The summed E-state index contributed by atoms with van der Waals surface area (Å²) in [6.07, 6.45) is 8.13. The van der Waals surface area contributed by atoms with Crippen molar-refractivity contribution in [1.82, 2.24) is 4.98 Å². The summed E-state index contributed by atoms with van der Waals surface area (Å²) in [5.74, 6) is 0. The van der Waals surface area contributed by atoms with Crippen LogP contribution in [0.25, 0.3) is 17.0 Å². The number of aromatic nitrogens is 1. The monoisotopic (exact) mass is 183 g/mol. The van der Waals surface area contributed by atoms with Gasteiger partial charge in [-0.05, 0) is 30.5 Å². The lowest BCUT2D eigenvalue weighted by atomic mass is 10.2. The summed E-state index contributed by atoms with van der Waals surface area (Å²) in [7, 11) is 0. The van der Waals surface area contributed by atoms with Gasteiger partial charge in [-0.3, -0.25) is 0 Å². The zero-order valence-electron chi connectivity index (χ0n) is 8.20. The highest BCUT2D eigenvalue weighted by molar-refractivity contribution is 5.82. The van der Waals surface area contributed by atoms with E-state index in [1.807, 2.05) is 31.2 Å². The van der Waals surface area contributed by atoms with Crippen molar-refractivity contribution in [2.45, 2.75) is 6.92 Å². The Labute approximate surface area is 83.8 Å². The van der Waals surface area contributed by atoms with Crippen LogP contribution in [-0.4, -0.2) is 4.98 Å². The van der Waals surface area contributed by atoms with E-state index in [-0.39, 0.29) is 0 Å². The molecule has 1 nitrogen and oxygen atoms in total. The number of fused-ring (bicyclic) bond motifs is 1. The fraction of sp³-hybridized carbons (Fsp3) is 0.0769. The molecule has 0 aliphatic heterocycles. The average Bonchev–Trinajstić information content (AvgIpc) is 2.60. The van der Waals surface area contributed by atoms with Crippen molar-refractivity contribution >= 4 is 17.0 Å². The Morgan fingerprint density at radius 2 is 2.00 bits per heavy atom. The van der Waals surface area contributed by atoms with Crippen LogP contribution in [0, 0.1) is 0 Å². The molecule has 0 amide bonds. The molecule has 0 saturated heterocycles. The van der Waals surface area contributed by atoms with Crippen LogP contribution in [-0.2, 0) is 0 Å². The second kappa shape index (κ2) is 3.97. The Bertz CT molecular complexity index is 442. The van der Waals surface area contributed by atoms with Crippen LogP contribution in [0.2, 0.25) is 0 Å². The van der Waals surface area contributed by atoms with Crippen LogP contribution in [0.15, 0.2) is 48.6 Å². The third kappa shape index (κ3) is 1.77. The maximum absolute atomic E-state index is 3.33. The SMILES string of the molecule is C/C=C\C=C/c1cc2ccccc2[nH]1. The van der Waals surface area contributed by atoms with Crippen molar-refractivity contribution in [3.05, 3.63) is 54.3 Å². The number of nitrogens with one attached hydrogen (secondary N) is 1. The Balaban J connectivity index is 2.35. The molecule has 0 unspecified atom stereocenters. The highest BCUT2D eigenvalue weighted by Crippen LogP contribution is 2.15. The Morgan fingerprint density at radius 1 is 1.14 bits per heavy atom. The normalized spacial score (nSPS) is 12.1. The molecule has 70 valence electrons. The van der Waals surface area contributed by atoms with Crippen molar-refractivity contribution in [1.29, 1.82) is 0 Å². The van der Waals surface area contributed by atoms with Crippen molar-refractivity contribution in [3.8, 4) is 0 Å². The van der Waals surface area contributed by atoms with E-state index >= 15 is 0 Å². The number of para-hydroxylation sites is 1. The van der Waals surface area contributed by atoms with Gasteiger partial charge in [0, 0.05) is 11.2 Å². The summed E-state index contributed by atoms with van der Waals surface area (Å²) < 4.78 is 0. The van der Waals surface area contributed by atoms with Gasteiger partial charge < -0.3 is 4.98 Å². The predicted octanol–water partition coefficient (Wildman–Crippen LogP) is 3.76. The van der Waals surface area contributed by atoms with Crippen LogP contribution < -0.4 is 0 Å². The topological polar surface area (TPSA) is 15.8 Å². The first-order chi connectivity index (χ1) is 6.90. The van der Waals surface area contributed by atoms with Crippen LogP contribution in [0.1, 0.15) is 12.6 Å². The summed E-state index contributed by atoms with van der Waals surface area (Å²) in [6, 6.07) is 10.4. The van der Waals surface area contributed by atoms with E-state index in [2.05, 4.69) is 35.3 Å². The quantitative estimate of drug-likeness (QED) is 0.682. The van der Waals surface area contributed by atoms with E-state index in [0.717, 1.165) is 5.69 Å². The van der Waals surface area contributed by atoms with E-state index in [4.69, 9.17) is 0 Å². The molecule has 0 fully saturated rings. The van der Waals surface area contributed by atoms with Crippen molar-refractivity contribution in [2.24, 2.45) is 0 Å². The molecule has 0 saturated carbocycles. The predicted molar refractivity (Wildman–Crippen MR) is 62.1 cm³/mol. The van der Waals surface area contributed by atoms with Crippen LogP contribution in [0.4, 0.5) is 0 Å². The first-order valence-electron chi connectivity index (χ1n) is 4.77. The maximum atomic E-state index is 3.33. The molecule has 2 aromatic rings. The van der Waals surface area contributed by atoms with Crippen LogP contribution >= 0.6 is 0 Å². The standard InChI is InChI=1S/C13H13N/c1-2-3-4-8-12-10-11-7-5-6-9-13(11)14-12/h2-10,14H,1H3/b3-2-,8-4-. The number of allylic oxidation sites excluding steroid dienone is 3. The van der Waals surface area contributed by atoms with Crippen molar-refractivity contribution in [2.75, 3.05) is 0 Å². The minimum atomic E-state index is 1.14. The number of H-pyrrole nitrogens is 1. The van der Waals surface area contributed by atoms with Gasteiger partial charge in [0.15, 0.2) is 0 Å². The molecular formula is C13H13N. The average molecular weight is 183 g/mol. The molecule has 0 spiro atoms. The molecule has 1 N–H and O–H groups in total. The van der Waals surface area contributed by atoms with Gasteiger partial charge in [-0.1, -0.05) is 36.4 Å². The molecule has 1 heteroatoms. The van der Waals surface area contributed by atoms with Gasteiger partial charge in [0.1, 0.15) is 0 Å². The Morgan fingerprint density at radius 3 is 2.79 bits per heavy atom. The number of hydrogen-bond acceptors (Lipinski definition) is 0. The summed E-state index contributed by atoms with van der Waals surface area (Å²) in [5, 5.41) is 1.26. The van der Waals surface area contributed by atoms with Gasteiger partial charge in [0.05, 0.1) is 0 Å². The van der Waals surface area contributed by atoms with Gasteiger partial charge in [-0.2, -0.15) is 0 Å². The molecule has 14 heavy (non-hydrogen) atoms. The molecule has 2 rings (SSSR count). The van der Waals surface area contributed by atoms with Gasteiger partial charge in [0.2, 0.25) is 0 Å². The number of rotatable bonds is 2. The van der Waals surface area contributed by atoms with E-state index in [1.54, 1.807) is 0 Å². The fourth-order valence-corrected chi connectivity index (χ4v) is 1.46. The fourth-order valence-electron chi connectivity index (χ4n) is 1.46. The van der Waals surface area contributed by atoms with Crippen LogP contribution in [0.5, 0.6) is 0 Å². The summed E-state index contributed by atoms with van der Waals surface area (Å²) in [6.45, 7) is 2.01. The third-order valence-corrected chi connectivity index (χ3v) is 2.13. The zero-order valence-corrected chi connectivity index (χ0v) is 8.20. The zero-order chi connectivity index (χ0) is 9.80. The molecule has 0 aliphatic rings. The summed E-state index contributed by atoms with van der Waals surface area (Å²) >= 11 is 0. The lowest BCUT2D eigenvalue weighted by molar-refractivity contribution is 1.43. The Hall–Kier alpha value is -1.76. The second-order valence-electron chi connectivity index (χ2n) is 3.20. The minimum absolute atomic E-state index is 1.14. The van der Waals surface area contributed by atoms with E-state index in [9.17, 15) is 0 Å². The van der Waals surface area contributed by atoms with Gasteiger partial charge in [-0.15, -0.1) is 0 Å². The Kier molecular flexibility index (Phi) is 2.50. The second-order valence-corrected chi connectivity index (χ2v) is 3.20. The molecule has 0 bridgehead atoms. The van der Waals surface area contributed by atoms with Crippen molar-refractivity contribution < 1.29 is 0 Å². The van der Waals surface area contributed by atoms with E-state index < -0.39 is 0 Å². The number of hydrogen-bond donors (Lipinski definition) is 1. The third-order valence-electron chi connectivity index (χ3n) is 2.13. The smallest absolute Gasteiger partial charge is 0.0458 e. The number of aromatic amines is 1. The lowest BCUT2D eigenvalue weighted by Gasteiger charge is -1.84. The van der Waals surface area contributed by atoms with Gasteiger partial charge in [0.25, 0.3) is 0 Å². The molecule has 0 atom stereocenters. The highest BCUT2D eigenvalue weighted by Gasteiger charge is 1.94. The first-order valence-corrected chi connectivity index (χ1v) is 4.77. The molecule has 0 aliphatic carbocycles. The minimum Gasteiger partial charge on any atom is -0.355 e. The molecule has 0 radical (unpaired) electrons. The summed E-state index contributed by atoms with van der Waals surface area (Å²) in [4.78, 5) is 3.33. The number of benzene rings is 1. The maximum Gasteiger partial charge on any atom is 0.0458 e. The van der Waals surface area contributed by atoms with Crippen LogP contribution in [0.3, 0.4) is 0 Å². The molecule has 1 aromatic carbocycles. The van der Waals surface area contributed by atoms with Gasteiger partial charge in [-0.25, -0.2) is 0 Å². The molecular weight excluding hydrogens is 170 g/mol. The largest absolute Gasteiger partial charge is 0.355 e. The van der Waals surface area contributed by atoms with Crippen molar-refractivity contribution in [3.63, 3.8) is 0 Å². The van der Waals surface area contributed by atoms with E-state index in [1.165, 1.54) is 10.9 Å². The molecule has 1 heterocycles. The summed E-state index contributed by atoms with van der Waals surface area (Å²) in [5.41, 5.74) is 2.33. The van der Waals surface area contributed by atoms with Gasteiger partial charge >= 0.3 is 0 Å². The van der Waals surface area contributed by atoms with E-state index in [0.29, 0.717) is 0 Å². The highest BCUT2D eigenvalue weighted by atomic mass is 14.7. The lowest BCUT2D eigenvalue weighted by Crippen LogP contribution is -1.67. The first kappa shape index (κ1) is 8.82. The molecule has 1 aromatic heterocycles.